The summed E-state index contributed by atoms with van der Waals surface area (Å²) in [4.78, 5) is 24.5. The Balaban J connectivity index is 2.14. The summed E-state index contributed by atoms with van der Waals surface area (Å²) in [7, 11) is 1.77. The molecule has 20 heavy (non-hydrogen) atoms. The Bertz CT molecular complexity index is 771. The van der Waals surface area contributed by atoms with Crippen LogP contribution in [0.3, 0.4) is 0 Å². The van der Waals surface area contributed by atoms with Crippen LogP contribution < -0.4 is 10.2 Å². The van der Waals surface area contributed by atoms with Crippen molar-refractivity contribution in [1.82, 2.24) is 15.1 Å². The maximum Gasteiger partial charge on any atom is 0.329 e. The van der Waals surface area contributed by atoms with E-state index >= 15 is 0 Å². The highest BCUT2D eigenvalue weighted by Crippen LogP contribution is 2.27. The van der Waals surface area contributed by atoms with Crippen molar-refractivity contribution in [3.8, 4) is 6.07 Å². The Morgan fingerprint density at radius 1 is 1.40 bits per heavy atom. The number of benzene rings is 1. The normalized spacial score (nSPS) is 15.3. The van der Waals surface area contributed by atoms with E-state index in [1.807, 2.05) is 0 Å². The second-order valence-corrected chi connectivity index (χ2v) is 4.55. The summed E-state index contributed by atoms with van der Waals surface area (Å²) in [6.45, 7) is 0.285. The van der Waals surface area contributed by atoms with Crippen LogP contribution in [0.5, 0.6) is 0 Å². The maximum absolute atomic E-state index is 11.9. The molecule has 3 amide bonds. The van der Waals surface area contributed by atoms with Crippen LogP contribution in [-0.4, -0.2) is 28.3 Å². The van der Waals surface area contributed by atoms with E-state index in [9.17, 15) is 9.59 Å². The van der Waals surface area contributed by atoms with Gasteiger partial charge in [0, 0.05) is 25.4 Å². The van der Waals surface area contributed by atoms with Gasteiger partial charge in [-0.2, -0.15) is 10.4 Å². The van der Waals surface area contributed by atoms with Crippen molar-refractivity contribution >= 4 is 28.7 Å². The van der Waals surface area contributed by atoms with Gasteiger partial charge in [-0.3, -0.25) is 19.7 Å². The van der Waals surface area contributed by atoms with Crippen molar-refractivity contribution in [2.75, 3.05) is 11.4 Å². The number of carbonyl (C=O) groups is 2. The average Bonchev–Trinajstić information content (AvgIpc) is 2.75. The highest BCUT2D eigenvalue weighted by molar-refractivity contribution is 6.08. The van der Waals surface area contributed by atoms with Crippen molar-refractivity contribution in [2.45, 2.75) is 6.42 Å². The molecule has 2 aromatic rings. The van der Waals surface area contributed by atoms with Gasteiger partial charge in [0.25, 0.3) is 0 Å². The van der Waals surface area contributed by atoms with E-state index in [4.69, 9.17) is 5.26 Å². The number of nitrogens with one attached hydrogen (secondary N) is 1. The number of nitrogens with zero attached hydrogens (tertiary/aromatic N) is 4. The molecule has 1 saturated heterocycles. The van der Waals surface area contributed by atoms with Gasteiger partial charge in [-0.25, -0.2) is 4.79 Å². The van der Waals surface area contributed by atoms with Gasteiger partial charge in [-0.15, -0.1) is 0 Å². The maximum atomic E-state index is 11.9. The Hall–Kier alpha value is -2.88. The first-order valence-electron chi connectivity index (χ1n) is 6.08. The van der Waals surface area contributed by atoms with Crippen LogP contribution in [-0.2, 0) is 11.8 Å². The molecule has 2 heterocycles. The second-order valence-electron chi connectivity index (χ2n) is 4.55. The van der Waals surface area contributed by atoms with Crippen LogP contribution in [0, 0.1) is 11.3 Å². The van der Waals surface area contributed by atoms with Crippen LogP contribution >= 0.6 is 0 Å². The lowest BCUT2D eigenvalue weighted by atomic mass is 10.1. The van der Waals surface area contributed by atoms with Crippen LogP contribution in [0.25, 0.3) is 10.9 Å². The van der Waals surface area contributed by atoms with Gasteiger partial charge in [0.1, 0.15) is 0 Å². The summed E-state index contributed by atoms with van der Waals surface area (Å²) < 4.78 is 1.65. The smallest absolute Gasteiger partial charge is 0.278 e. The molecule has 0 saturated carbocycles. The quantitative estimate of drug-likeness (QED) is 0.832. The topological polar surface area (TPSA) is 91.0 Å². The van der Waals surface area contributed by atoms with Crippen molar-refractivity contribution in [3.05, 3.63) is 23.8 Å². The SMILES string of the molecule is Cn1nc(N2CCC(=O)NC2=O)c2cc(C#N)ccc21. The van der Waals surface area contributed by atoms with E-state index in [1.54, 1.807) is 29.9 Å². The second kappa shape index (κ2) is 4.35. The third-order valence-electron chi connectivity index (χ3n) is 3.27. The first-order chi connectivity index (χ1) is 9.60. The summed E-state index contributed by atoms with van der Waals surface area (Å²) in [6, 6.07) is 6.77. The number of urea groups is 1. The summed E-state index contributed by atoms with van der Waals surface area (Å²) in [5.74, 6) is 0.175. The zero-order chi connectivity index (χ0) is 14.3. The molecule has 1 N–H and O–H groups in total. The number of anilines is 1. The van der Waals surface area contributed by atoms with E-state index in [1.165, 1.54) is 4.90 Å². The molecule has 3 rings (SSSR count). The summed E-state index contributed by atoms with van der Waals surface area (Å²) in [5.41, 5.74) is 1.32. The minimum atomic E-state index is -0.483. The minimum Gasteiger partial charge on any atom is -0.278 e. The molecule has 1 fully saturated rings. The number of carbonyl (C=O) groups excluding carboxylic acids is 2. The van der Waals surface area contributed by atoms with Gasteiger partial charge in [0.05, 0.1) is 17.1 Å². The van der Waals surface area contributed by atoms with Gasteiger partial charge in [0.2, 0.25) is 5.91 Å². The molecular weight excluding hydrogens is 258 g/mol. The van der Waals surface area contributed by atoms with Crippen molar-refractivity contribution in [1.29, 1.82) is 5.26 Å². The summed E-state index contributed by atoms with van der Waals surface area (Å²) in [5, 5.41) is 16.3. The fourth-order valence-corrected chi connectivity index (χ4v) is 2.28. The number of rotatable bonds is 1. The van der Waals surface area contributed by atoms with Crippen LogP contribution in [0.15, 0.2) is 18.2 Å². The van der Waals surface area contributed by atoms with Crippen molar-refractivity contribution in [2.24, 2.45) is 7.05 Å². The van der Waals surface area contributed by atoms with Gasteiger partial charge in [0.15, 0.2) is 5.82 Å². The molecular formula is C13H11N5O2. The molecule has 1 aromatic heterocycles. The lowest BCUT2D eigenvalue weighted by Gasteiger charge is -2.24. The first kappa shape index (κ1) is 12.2. The number of nitriles is 1. The van der Waals surface area contributed by atoms with Crippen LogP contribution in [0.1, 0.15) is 12.0 Å². The molecule has 0 atom stereocenters. The number of aromatic nitrogens is 2. The van der Waals surface area contributed by atoms with E-state index in [-0.39, 0.29) is 18.9 Å². The lowest BCUT2D eigenvalue weighted by Crippen LogP contribution is -2.49. The van der Waals surface area contributed by atoms with Crippen molar-refractivity contribution < 1.29 is 9.59 Å². The third kappa shape index (κ3) is 1.78. The predicted octanol–water partition coefficient (Wildman–Crippen LogP) is 0.891. The first-order valence-corrected chi connectivity index (χ1v) is 6.08. The van der Waals surface area contributed by atoms with Gasteiger partial charge in [-0.1, -0.05) is 0 Å². The average molecular weight is 269 g/mol. The van der Waals surface area contributed by atoms with E-state index in [0.29, 0.717) is 11.4 Å². The van der Waals surface area contributed by atoms with E-state index in [2.05, 4.69) is 16.5 Å². The number of imide groups is 1. The summed E-state index contributed by atoms with van der Waals surface area (Å²) >= 11 is 0. The zero-order valence-corrected chi connectivity index (χ0v) is 10.8. The standard InChI is InChI=1S/C13H11N5O2/c1-17-10-3-2-8(7-14)6-9(10)12(16-17)18-5-4-11(19)15-13(18)20/h2-3,6H,4-5H2,1H3,(H,15,19,20). The Labute approximate surface area is 114 Å². The molecule has 1 aromatic carbocycles. The molecule has 0 spiro atoms. The van der Waals surface area contributed by atoms with Gasteiger partial charge in [-0.05, 0) is 18.2 Å². The number of fused-ring (bicyclic) bond motifs is 1. The Kier molecular flexibility index (Phi) is 2.64. The largest absolute Gasteiger partial charge is 0.329 e. The molecule has 0 radical (unpaired) electrons. The third-order valence-corrected chi connectivity index (χ3v) is 3.27. The fourth-order valence-electron chi connectivity index (χ4n) is 2.28. The van der Waals surface area contributed by atoms with Gasteiger partial charge >= 0.3 is 6.03 Å². The fraction of sp³-hybridized carbons (Fsp3) is 0.231. The highest BCUT2D eigenvalue weighted by atomic mass is 16.2. The number of hydrogen-bond donors (Lipinski definition) is 1. The molecule has 0 aliphatic carbocycles. The molecule has 7 heteroatoms. The van der Waals surface area contributed by atoms with Crippen LogP contribution in [0.4, 0.5) is 10.6 Å². The Morgan fingerprint density at radius 3 is 2.90 bits per heavy atom. The molecule has 0 unspecified atom stereocenters. The highest BCUT2D eigenvalue weighted by Gasteiger charge is 2.27. The number of hydrogen-bond acceptors (Lipinski definition) is 4. The van der Waals surface area contributed by atoms with Gasteiger partial charge < -0.3 is 0 Å². The predicted molar refractivity (Wildman–Crippen MR) is 70.9 cm³/mol. The molecule has 1 aliphatic heterocycles. The van der Waals surface area contributed by atoms with Crippen molar-refractivity contribution in [3.63, 3.8) is 0 Å². The van der Waals surface area contributed by atoms with E-state index in [0.717, 1.165) is 10.9 Å². The zero-order valence-electron chi connectivity index (χ0n) is 10.8. The molecule has 1 aliphatic rings. The molecule has 100 valence electrons. The molecule has 0 bridgehead atoms. The Morgan fingerprint density at radius 2 is 2.20 bits per heavy atom. The lowest BCUT2D eigenvalue weighted by molar-refractivity contribution is -0.120. The van der Waals surface area contributed by atoms with Crippen LogP contribution in [0.2, 0.25) is 0 Å². The minimum absolute atomic E-state index is 0.238. The number of amides is 3. The van der Waals surface area contributed by atoms with E-state index < -0.39 is 6.03 Å². The monoisotopic (exact) mass is 269 g/mol. The molecule has 7 nitrogen and oxygen atoms in total. The summed E-state index contributed by atoms with van der Waals surface area (Å²) in [6.07, 6.45) is 0.238. The number of aryl methyl sites for hydroxylation is 1.